The second-order valence-corrected chi connectivity index (χ2v) is 4.44. The fourth-order valence-electron chi connectivity index (χ4n) is 1.83. The van der Waals surface area contributed by atoms with Crippen LogP contribution in [-0.4, -0.2) is 25.5 Å². The zero-order valence-electron chi connectivity index (χ0n) is 11.5. The van der Waals surface area contributed by atoms with E-state index in [9.17, 15) is 9.59 Å². The Bertz CT molecular complexity index is 403. The number of esters is 1. The third-order valence-corrected chi connectivity index (χ3v) is 2.99. The van der Waals surface area contributed by atoms with Gasteiger partial charge in [0.15, 0.2) is 0 Å². The summed E-state index contributed by atoms with van der Waals surface area (Å²) in [5.74, 6) is -0.689. The molecule has 0 spiro atoms. The summed E-state index contributed by atoms with van der Waals surface area (Å²) in [5.41, 5.74) is 0.599. The van der Waals surface area contributed by atoms with Crippen molar-refractivity contribution in [2.75, 3.05) is 13.7 Å². The van der Waals surface area contributed by atoms with E-state index in [1.807, 2.05) is 18.2 Å². The van der Waals surface area contributed by atoms with Crippen molar-refractivity contribution < 1.29 is 14.3 Å². The molecule has 0 saturated heterocycles. The Morgan fingerprint density at radius 1 is 1.26 bits per heavy atom. The number of benzene rings is 1. The summed E-state index contributed by atoms with van der Waals surface area (Å²) < 4.78 is 4.76. The van der Waals surface area contributed by atoms with Crippen LogP contribution in [0.1, 0.15) is 36.5 Å². The van der Waals surface area contributed by atoms with Gasteiger partial charge < -0.3 is 10.1 Å². The monoisotopic (exact) mass is 263 g/mol. The van der Waals surface area contributed by atoms with Crippen LogP contribution in [0.2, 0.25) is 0 Å². The lowest BCUT2D eigenvalue weighted by atomic mass is 10.0. The zero-order valence-corrected chi connectivity index (χ0v) is 11.5. The molecule has 104 valence electrons. The molecule has 4 heteroatoms. The Kier molecular flexibility index (Phi) is 6.64. The van der Waals surface area contributed by atoms with Gasteiger partial charge in [0.25, 0.3) is 5.91 Å². The van der Waals surface area contributed by atoms with E-state index in [0.717, 1.165) is 19.3 Å². The first-order valence-electron chi connectivity index (χ1n) is 6.60. The molecule has 0 aliphatic heterocycles. The predicted octanol–water partition coefficient (Wildman–Crippen LogP) is 2.40. The van der Waals surface area contributed by atoms with Crippen LogP contribution in [0.3, 0.4) is 0 Å². The highest BCUT2D eigenvalue weighted by atomic mass is 16.5. The first-order valence-corrected chi connectivity index (χ1v) is 6.60. The van der Waals surface area contributed by atoms with Crippen molar-refractivity contribution >= 4 is 11.9 Å². The summed E-state index contributed by atoms with van der Waals surface area (Å²) in [4.78, 5) is 23.5. The molecule has 1 aromatic carbocycles. The standard InChI is InChI=1S/C15H21NO3/c1-3-4-8-13(15(18)19-2)11-16-14(17)12-9-6-5-7-10-12/h5-7,9-10,13H,3-4,8,11H2,1-2H3,(H,16,17)/t13-/m0/s1. The molecule has 1 aromatic rings. The van der Waals surface area contributed by atoms with Crippen LogP contribution < -0.4 is 5.32 Å². The summed E-state index contributed by atoms with van der Waals surface area (Å²) in [6.07, 6.45) is 2.69. The molecule has 0 heterocycles. The minimum Gasteiger partial charge on any atom is -0.469 e. The Morgan fingerprint density at radius 3 is 2.53 bits per heavy atom. The number of carbonyl (C=O) groups is 2. The number of ether oxygens (including phenoxy) is 1. The van der Waals surface area contributed by atoms with Gasteiger partial charge in [0.1, 0.15) is 0 Å². The van der Waals surface area contributed by atoms with Gasteiger partial charge in [-0.15, -0.1) is 0 Å². The van der Waals surface area contributed by atoms with E-state index >= 15 is 0 Å². The molecule has 19 heavy (non-hydrogen) atoms. The Labute approximate surface area is 114 Å². The molecule has 4 nitrogen and oxygen atoms in total. The molecule has 0 aromatic heterocycles. The number of rotatable bonds is 7. The van der Waals surface area contributed by atoms with Crippen LogP contribution in [0.15, 0.2) is 30.3 Å². The third kappa shape index (κ3) is 5.12. The minimum atomic E-state index is -0.266. The molecule has 0 fully saturated rings. The highest BCUT2D eigenvalue weighted by Crippen LogP contribution is 2.10. The Morgan fingerprint density at radius 2 is 1.95 bits per heavy atom. The van der Waals surface area contributed by atoms with E-state index in [4.69, 9.17) is 4.74 Å². The van der Waals surface area contributed by atoms with Gasteiger partial charge in [0.2, 0.25) is 0 Å². The number of unbranched alkanes of at least 4 members (excludes halogenated alkanes) is 1. The molecular weight excluding hydrogens is 242 g/mol. The van der Waals surface area contributed by atoms with Crippen LogP contribution >= 0.6 is 0 Å². The van der Waals surface area contributed by atoms with Crippen molar-refractivity contribution in [3.8, 4) is 0 Å². The van der Waals surface area contributed by atoms with Gasteiger partial charge in [0.05, 0.1) is 13.0 Å². The number of methoxy groups -OCH3 is 1. The average molecular weight is 263 g/mol. The Hall–Kier alpha value is -1.84. The summed E-state index contributed by atoms with van der Waals surface area (Å²) in [6.45, 7) is 2.39. The quantitative estimate of drug-likeness (QED) is 0.768. The van der Waals surface area contributed by atoms with Gasteiger partial charge in [-0.25, -0.2) is 0 Å². The van der Waals surface area contributed by atoms with Crippen LogP contribution in [0.5, 0.6) is 0 Å². The van der Waals surface area contributed by atoms with Crippen molar-refractivity contribution in [2.45, 2.75) is 26.2 Å². The zero-order chi connectivity index (χ0) is 14.1. The lowest BCUT2D eigenvalue weighted by molar-refractivity contribution is -0.145. The maximum absolute atomic E-state index is 11.9. The van der Waals surface area contributed by atoms with Gasteiger partial charge in [-0.1, -0.05) is 38.0 Å². The van der Waals surface area contributed by atoms with Gasteiger partial charge >= 0.3 is 5.97 Å². The first kappa shape index (κ1) is 15.2. The van der Waals surface area contributed by atoms with Crippen molar-refractivity contribution in [3.63, 3.8) is 0 Å². The smallest absolute Gasteiger partial charge is 0.310 e. The van der Waals surface area contributed by atoms with Crippen LogP contribution in [0, 0.1) is 5.92 Å². The lowest BCUT2D eigenvalue weighted by Gasteiger charge is -2.15. The van der Waals surface area contributed by atoms with Crippen LogP contribution in [0.4, 0.5) is 0 Å². The maximum Gasteiger partial charge on any atom is 0.310 e. The predicted molar refractivity (Wildman–Crippen MR) is 73.8 cm³/mol. The fourth-order valence-corrected chi connectivity index (χ4v) is 1.83. The highest BCUT2D eigenvalue weighted by molar-refractivity contribution is 5.94. The second kappa shape index (κ2) is 8.29. The number of nitrogens with one attached hydrogen (secondary N) is 1. The normalized spacial score (nSPS) is 11.7. The maximum atomic E-state index is 11.9. The average Bonchev–Trinajstić information content (AvgIpc) is 2.47. The fraction of sp³-hybridized carbons (Fsp3) is 0.467. The van der Waals surface area contributed by atoms with Crippen molar-refractivity contribution in [3.05, 3.63) is 35.9 Å². The first-order chi connectivity index (χ1) is 9.19. The van der Waals surface area contributed by atoms with Gasteiger partial charge in [0, 0.05) is 12.1 Å². The van der Waals surface area contributed by atoms with E-state index in [2.05, 4.69) is 12.2 Å². The summed E-state index contributed by atoms with van der Waals surface area (Å²) >= 11 is 0. The van der Waals surface area contributed by atoms with Gasteiger partial charge in [-0.3, -0.25) is 9.59 Å². The number of amides is 1. The molecular formula is C15H21NO3. The van der Waals surface area contributed by atoms with Crippen molar-refractivity contribution in [2.24, 2.45) is 5.92 Å². The molecule has 0 unspecified atom stereocenters. The molecule has 0 aliphatic rings. The van der Waals surface area contributed by atoms with Crippen molar-refractivity contribution in [1.82, 2.24) is 5.32 Å². The number of carbonyl (C=O) groups excluding carboxylic acids is 2. The van der Waals surface area contributed by atoms with Gasteiger partial charge in [-0.2, -0.15) is 0 Å². The topological polar surface area (TPSA) is 55.4 Å². The lowest BCUT2D eigenvalue weighted by Crippen LogP contribution is -2.33. The van der Waals surface area contributed by atoms with Gasteiger partial charge in [-0.05, 0) is 18.6 Å². The van der Waals surface area contributed by atoms with E-state index in [1.165, 1.54) is 7.11 Å². The molecule has 0 aliphatic carbocycles. The summed E-state index contributed by atoms with van der Waals surface area (Å²) in [7, 11) is 1.38. The third-order valence-electron chi connectivity index (χ3n) is 2.99. The molecule has 0 radical (unpaired) electrons. The molecule has 1 atom stereocenters. The highest BCUT2D eigenvalue weighted by Gasteiger charge is 2.19. The minimum absolute atomic E-state index is 0.161. The van der Waals surface area contributed by atoms with Crippen LogP contribution in [0.25, 0.3) is 0 Å². The molecule has 1 amide bonds. The molecule has 0 bridgehead atoms. The molecule has 1 N–H and O–H groups in total. The van der Waals surface area contributed by atoms with E-state index in [-0.39, 0.29) is 17.8 Å². The number of hydrogen-bond acceptors (Lipinski definition) is 3. The van der Waals surface area contributed by atoms with E-state index in [0.29, 0.717) is 12.1 Å². The molecule has 0 saturated carbocycles. The summed E-state index contributed by atoms with van der Waals surface area (Å²) in [6, 6.07) is 8.96. The van der Waals surface area contributed by atoms with E-state index < -0.39 is 0 Å². The Balaban J connectivity index is 2.51. The van der Waals surface area contributed by atoms with E-state index in [1.54, 1.807) is 12.1 Å². The molecule has 1 rings (SSSR count). The van der Waals surface area contributed by atoms with Crippen LogP contribution in [-0.2, 0) is 9.53 Å². The van der Waals surface area contributed by atoms with Crippen molar-refractivity contribution in [1.29, 1.82) is 0 Å². The second-order valence-electron chi connectivity index (χ2n) is 4.44. The number of hydrogen-bond donors (Lipinski definition) is 1. The SMILES string of the molecule is CCCC[C@@H](CNC(=O)c1ccccc1)C(=O)OC. The largest absolute Gasteiger partial charge is 0.469 e. The summed E-state index contributed by atoms with van der Waals surface area (Å²) in [5, 5.41) is 2.78.